The van der Waals surface area contributed by atoms with Crippen molar-refractivity contribution in [3.63, 3.8) is 0 Å². The number of benzene rings is 1. The second kappa shape index (κ2) is 4.71. The Morgan fingerprint density at radius 2 is 2.21 bits per heavy atom. The first-order chi connectivity index (χ1) is 6.63. The van der Waals surface area contributed by atoms with E-state index in [0.717, 1.165) is 0 Å². The summed E-state index contributed by atoms with van der Waals surface area (Å²) in [5.74, 6) is 0.290. The van der Waals surface area contributed by atoms with Crippen molar-refractivity contribution in [2.45, 2.75) is 0 Å². The molecule has 0 saturated heterocycles. The van der Waals surface area contributed by atoms with E-state index in [1.165, 1.54) is 12.1 Å². The summed E-state index contributed by atoms with van der Waals surface area (Å²) in [6, 6.07) is 4.17. The Morgan fingerprint density at radius 1 is 1.50 bits per heavy atom. The van der Waals surface area contributed by atoms with Crippen LogP contribution >= 0.6 is 15.9 Å². The van der Waals surface area contributed by atoms with Gasteiger partial charge in [0.25, 0.3) is 5.69 Å². The van der Waals surface area contributed by atoms with E-state index >= 15 is 0 Å². The Labute approximate surface area is 88.0 Å². The number of carbonyl (C=O) groups excluding carboxylic acids is 1. The summed E-state index contributed by atoms with van der Waals surface area (Å²) < 4.78 is 5.46. The summed E-state index contributed by atoms with van der Waals surface area (Å²) in [7, 11) is 0. The van der Waals surface area contributed by atoms with Crippen molar-refractivity contribution in [1.82, 2.24) is 0 Å². The van der Waals surface area contributed by atoms with Gasteiger partial charge in [0.15, 0.2) is 6.29 Å². The third-order valence-electron chi connectivity index (χ3n) is 1.38. The van der Waals surface area contributed by atoms with Crippen molar-refractivity contribution in [3.05, 3.63) is 32.8 Å². The van der Waals surface area contributed by atoms with Gasteiger partial charge >= 0.3 is 0 Å². The highest BCUT2D eigenvalue weighted by molar-refractivity contribution is 9.10. The van der Waals surface area contributed by atoms with Gasteiger partial charge in [0.05, 0.1) is 11.0 Å². The predicted octanol–water partition coefficient (Wildman–Crippen LogP) is 1.94. The molecule has 0 heterocycles. The molecule has 0 unspecified atom stereocenters. The zero-order chi connectivity index (χ0) is 10.6. The van der Waals surface area contributed by atoms with E-state index in [0.29, 0.717) is 10.8 Å². The Bertz CT molecular complexity index is 366. The fraction of sp³-hybridized carbons (Fsp3) is 0.125. The first-order valence-corrected chi connectivity index (χ1v) is 4.44. The van der Waals surface area contributed by atoms with E-state index in [9.17, 15) is 14.9 Å². The number of non-ortho nitro benzene ring substituents is 1. The number of carbonyl (C=O) groups is 1. The minimum absolute atomic E-state index is 0.0831. The van der Waals surface area contributed by atoms with Crippen LogP contribution in [0.1, 0.15) is 0 Å². The van der Waals surface area contributed by atoms with Gasteiger partial charge in [-0.3, -0.25) is 14.9 Å². The van der Waals surface area contributed by atoms with Gasteiger partial charge in [-0.25, -0.2) is 0 Å². The number of ether oxygens (including phenoxy) is 1. The van der Waals surface area contributed by atoms with Crippen LogP contribution in [0.4, 0.5) is 5.69 Å². The standard InChI is InChI=1S/C8H6BrNO4/c9-6-3-7(10(12)13)5-8(4-6)14-2-1-11/h1,3-5H,2H2. The van der Waals surface area contributed by atoms with Crippen LogP contribution in [0.3, 0.4) is 0 Å². The van der Waals surface area contributed by atoms with Gasteiger partial charge in [-0.1, -0.05) is 15.9 Å². The van der Waals surface area contributed by atoms with E-state index in [-0.39, 0.29) is 18.0 Å². The Balaban J connectivity index is 2.94. The number of nitro groups is 1. The summed E-state index contributed by atoms with van der Waals surface area (Å²) in [6.07, 6.45) is 0.576. The van der Waals surface area contributed by atoms with Gasteiger partial charge in [-0.15, -0.1) is 0 Å². The van der Waals surface area contributed by atoms with Crippen LogP contribution in [0.2, 0.25) is 0 Å². The summed E-state index contributed by atoms with van der Waals surface area (Å²) >= 11 is 3.10. The molecule has 1 rings (SSSR count). The summed E-state index contributed by atoms with van der Waals surface area (Å²) in [6.45, 7) is -0.117. The number of hydrogen-bond donors (Lipinski definition) is 0. The molecule has 0 atom stereocenters. The van der Waals surface area contributed by atoms with Crippen molar-refractivity contribution in [1.29, 1.82) is 0 Å². The minimum Gasteiger partial charge on any atom is -0.486 e. The number of rotatable bonds is 4. The van der Waals surface area contributed by atoms with Crippen LogP contribution in [0.15, 0.2) is 22.7 Å². The van der Waals surface area contributed by atoms with E-state index in [1.807, 2.05) is 0 Å². The minimum atomic E-state index is -0.529. The lowest BCUT2D eigenvalue weighted by atomic mass is 10.3. The van der Waals surface area contributed by atoms with E-state index in [1.54, 1.807) is 6.07 Å². The molecule has 1 aromatic rings. The van der Waals surface area contributed by atoms with Gasteiger partial charge in [0.1, 0.15) is 12.4 Å². The zero-order valence-corrected chi connectivity index (χ0v) is 8.56. The summed E-state index contributed by atoms with van der Waals surface area (Å²) in [5, 5.41) is 10.4. The van der Waals surface area contributed by atoms with E-state index < -0.39 is 4.92 Å². The van der Waals surface area contributed by atoms with Crippen molar-refractivity contribution >= 4 is 27.9 Å². The maximum absolute atomic E-state index is 10.4. The molecule has 0 aliphatic rings. The molecule has 0 aliphatic heterocycles. The largest absolute Gasteiger partial charge is 0.486 e. The molecule has 0 radical (unpaired) electrons. The Hall–Kier alpha value is -1.43. The summed E-state index contributed by atoms with van der Waals surface area (Å²) in [4.78, 5) is 19.9. The normalized spacial score (nSPS) is 9.50. The SMILES string of the molecule is O=CCOc1cc(Br)cc([N+](=O)[O-])c1. The highest BCUT2D eigenvalue weighted by Gasteiger charge is 2.08. The van der Waals surface area contributed by atoms with E-state index in [2.05, 4.69) is 15.9 Å². The second-order valence-corrected chi connectivity index (χ2v) is 3.30. The third-order valence-corrected chi connectivity index (χ3v) is 1.84. The maximum Gasteiger partial charge on any atom is 0.274 e. The highest BCUT2D eigenvalue weighted by Crippen LogP contribution is 2.25. The molecule has 0 spiro atoms. The molecule has 6 heteroatoms. The molecule has 0 bridgehead atoms. The number of aldehydes is 1. The molecular formula is C8H6BrNO4. The molecule has 0 amide bonds. The quantitative estimate of drug-likeness (QED) is 0.471. The Morgan fingerprint density at radius 3 is 2.79 bits per heavy atom. The third kappa shape index (κ3) is 2.81. The first-order valence-electron chi connectivity index (χ1n) is 3.65. The molecular weight excluding hydrogens is 254 g/mol. The molecule has 0 aromatic heterocycles. The molecule has 74 valence electrons. The van der Waals surface area contributed by atoms with Gasteiger partial charge in [-0.05, 0) is 6.07 Å². The van der Waals surface area contributed by atoms with Gasteiger partial charge < -0.3 is 4.74 Å². The van der Waals surface area contributed by atoms with Crippen LogP contribution in [0.25, 0.3) is 0 Å². The van der Waals surface area contributed by atoms with Gasteiger partial charge in [0.2, 0.25) is 0 Å². The Kier molecular flexibility index (Phi) is 3.58. The molecule has 1 aromatic carbocycles. The van der Waals surface area contributed by atoms with Crippen LogP contribution in [0.5, 0.6) is 5.75 Å². The zero-order valence-electron chi connectivity index (χ0n) is 6.97. The topological polar surface area (TPSA) is 69.4 Å². The smallest absolute Gasteiger partial charge is 0.274 e. The summed E-state index contributed by atoms with van der Waals surface area (Å²) in [5.41, 5.74) is -0.0831. The fourth-order valence-corrected chi connectivity index (χ4v) is 1.33. The number of hydrogen-bond acceptors (Lipinski definition) is 4. The molecule has 14 heavy (non-hydrogen) atoms. The number of halogens is 1. The van der Waals surface area contributed by atoms with Crippen LogP contribution < -0.4 is 4.74 Å². The molecule has 5 nitrogen and oxygen atoms in total. The molecule has 0 saturated carbocycles. The lowest BCUT2D eigenvalue weighted by Gasteiger charge is -2.02. The fourth-order valence-electron chi connectivity index (χ4n) is 0.867. The monoisotopic (exact) mass is 259 g/mol. The number of nitro benzene ring substituents is 1. The van der Waals surface area contributed by atoms with Crippen molar-refractivity contribution in [3.8, 4) is 5.75 Å². The van der Waals surface area contributed by atoms with Crippen LogP contribution in [0, 0.1) is 10.1 Å². The van der Waals surface area contributed by atoms with Crippen LogP contribution in [-0.4, -0.2) is 17.8 Å². The lowest BCUT2D eigenvalue weighted by Crippen LogP contribution is -1.98. The molecule has 0 aliphatic carbocycles. The van der Waals surface area contributed by atoms with E-state index in [4.69, 9.17) is 4.74 Å². The van der Waals surface area contributed by atoms with Gasteiger partial charge in [0, 0.05) is 10.5 Å². The van der Waals surface area contributed by atoms with Crippen molar-refractivity contribution in [2.75, 3.05) is 6.61 Å². The average Bonchev–Trinajstić information content (AvgIpc) is 2.14. The van der Waals surface area contributed by atoms with Crippen molar-refractivity contribution in [2.24, 2.45) is 0 Å². The number of nitrogens with zero attached hydrogens (tertiary/aromatic N) is 1. The predicted molar refractivity (Wildman–Crippen MR) is 52.4 cm³/mol. The highest BCUT2D eigenvalue weighted by atomic mass is 79.9. The maximum atomic E-state index is 10.4. The first kappa shape index (κ1) is 10.6. The molecule has 0 fully saturated rings. The lowest BCUT2D eigenvalue weighted by molar-refractivity contribution is -0.385. The average molecular weight is 260 g/mol. The molecule has 0 N–H and O–H groups in total. The second-order valence-electron chi connectivity index (χ2n) is 2.38. The van der Waals surface area contributed by atoms with Crippen LogP contribution in [-0.2, 0) is 4.79 Å². The van der Waals surface area contributed by atoms with Crippen molar-refractivity contribution < 1.29 is 14.5 Å². The van der Waals surface area contributed by atoms with Gasteiger partial charge in [-0.2, -0.15) is 0 Å².